The molecule has 0 aromatic carbocycles. The van der Waals surface area contributed by atoms with E-state index < -0.39 is 0 Å². The highest BCUT2D eigenvalue weighted by Gasteiger charge is 2.31. The maximum absolute atomic E-state index is 12.0. The Balaban J connectivity index is 4.05. The molecule has 0 aromatic heterocycles. The van der Waals surface area contributed by atoms with Crippen LogP contribution in [0.3, 0.4) is 0 Å². The molecule has 0 atom stereocenters. The summed E-state index contributed by atoms with van der Waals surface area (Å²) in [5, 5.41) is 3.04. The van der Waals surface area contributed by atoms with Crippen molar-refractivity contribution < 1.29 is 4.79 Å². The highest BCUT2D eigenvalue weighted by atomic mass is 16.2. The molecule has 0 fully saturated rings. The summed E-state index contributed by atoms with van der Waals surface area (Å²) in [6.07, 6.45) is 4.40. The van der Waals surface area contributed by atoms with Gasteiger partial charge in [0, 0.05) is 12.0 Å². The average molecular weight is 227 g/mol. The largest absolute Gasteiger partial charge is 0.356 e. The normalized spacial score (nSPS) is 12.6. The second kappa shape index (κ2) is 6.27. The fourth-order valence-corrected chi connectivity index (χ4v) is 2.22. The van der Waals surface area contributed by atoms with Gasteiger partial charge in [0.1, 0.15) is 0 Å². The molecular weight excluding hydrogens is 198 g/mol. The maximum atomic E-state index is 12.0. The molecule has 1 amide bonds. The smallest absolute Gasteiger partial charge is 0.225 e. The maximum Gasteiger partial charge on any atom is 0.225 e. The van der Waals surface area contributed by atoms with Gasteiger partial charge in [0.15, 0.2) is 0 Å². The first-order valence-corrected chi connectivity index (χ1v) is 6.47. The van der Waals surface area contributed by atoms with Crippen LogP contribution >= 0.6 is 0 Å². The van der Waals surface area contributed by atoms with Crippen molar-refractivity contribution in [1.29, 1.82) is 0 Å². The van der Waals surface area contributed by atoms with E-state index in [1.807, 2.05) is 13.8 Å². The second-order valence-corrected chi connectivity index (χ2v) is 6.58. The Morgan fingerprint density at radius 2 is 1.62 bits per heavy atom. The molecule has 0 saturated heterocycles. The number of carbonyl (C=O) groups is 1. The molecule has 0 saturated carbocycles. The minimum atomic E-state index is -0.259. The van der Waals surface area contributed by atoms with Crippen LogP contribution in [0.2, 0.25) is 0 Å². The number of hydrogen-bond acceptors (Lipinski definition) is 1. The minimum Gasteiger partial charge on any atom is -0.356 e. The van der Waals surface area contributed by atoms with E-state index in [1.54, 1.807) is 0 Å². The fraction of sp³-hybridized carbons (Fsp3) is 0.929. The highest BCUT2D eigenvalue weighted by molar-refractivity contribution is 5.81. The zero-order valence-electron chi connectivity index (χ0n) is 11.9. The second-order valence-electron chi connectivity index (χ2n) is 6.58. The summed E-state index contributed by atoms with van der Waals surface area (Å²) < 4.78 is 0. The van der Waals surface area contributed by atoms with E-state index in [4.69, 9.17) is 0 Å². The molecule has 0 aliphatic carbocycles. The lowest BCUT2D eigenvalue weighted by Gasteiger charge is -2.31. The van der Waals surface area contributed by atoms with E-state index in [2.05, 4.69) is 33.0 Å². The van der Waals surface area contributed by atoms with Gasteiger partial charge in [-0.1, -0.05) is 54.4 Å². The number of amides is 1. The van der Waals surface area contributed by atoms with Crippen LogP contribution in [0.1, 0.15) is 67.2 Å². The number of unbranched alkanes of at least 4 members (excludes halogenated alkanes) is 2. The summed E-state index contributed by atoms with van der Waals surface area (Å²) in [6.45, 7) is 13.6. The number of nitrogens with one attached hydrogen (secondary N) is 1. The molecule has 0 spiro atoms. The predicted molar refractivity (Wildman–Crippen MR) is 70.4 cm³/mol. The van der Waals surface area contributed by atoms with Crippen molar-refractivity contribution in [3.63, 3.8) is 0 Å². The Bertz CT molecular complexity index is 213. The molecule has 1 N–H and O–H groups in total. The molecule has 16 heavy (non-hydrogen) atoms. The summed E-state index contributed by atoms with van der Waals surface area (Å²) >= 11 is 0. The van der Waals surface area contributed by atoms with Crippen LogP contribution in [-0.4, -0.2) is 12.5 Å². The molecule has 0 heterocycles. The topological polar surface area (TPSA) is 29.1 Å². The number of carbonyl (C=O) groups excluding carboxylic acids is 1. The van der Waals surface area contributed by atoms with Gasteiger partial charge in [-0.05, 0) is 18.3 Å². The first kappa shape index (κ1) is 15.5. The molecule has 0 bridgehead atoms. The van der Waals surface area contributed by atoms with Gasteiger partial charge in [0.25, 0.3) is 0 Å². The Morgan fingerprint density at radius 1 is 1.06 bits per heavy atom. The molecule has 0 aromatic rings. The fourth-order valence-electron chi connectivity index (χ4n) is 2.22. The van der Waals surface area contributed by atoms with Gasteiger partial charge in [-0.2, -0.15) is 0 Å². The van der Waals surface area contributed by atoms with E-state index in [0.717, 1.165) is 19.4 Å². The van der Waals surface area contributed by atoms with Crippen LogP contribution in [0, 0.1) is 10.8 Å². The van der Waals surface area contributed by atoms with E-state index >= 15 is 0 Å². The third-order valence-electron chi connectivity index (χ3n) is 2.65. The van der Waals surface area contributed by atoms with Crippen LogP contribution < -0.4 is 5.32 Å². The van der Waals surface area contributed by atoms with Gasteiger partial charge < -0.3 is 5.32 Å². The summed E-state index contributed by atoms with van der Waals surface area (Å²) in [5.74, 6) is 0.193. The molecule has 0 radical (unpaired) electrons. The van der Waals surface area contributed by atoms with Crippen molar-refractivity contribution >= 4 is 5.91 Å². The van der Waals surface area contributed by atoms with Crippen molar-refractivity contribution in [3.05, 3.63) is 0 Å². The van der Waals surface area contributed by atoms with Gasteiger partial charge in [-0.25, -0.2) is 0 Å². The number of hydrogen-bond donors (Lipinski definition) is 1. The van der Waals surface area contributed by atoms with Crippen molar-refractivity contribution in [2.24, 2.45) is 10.8 Å². The standard InChI is InChI=1S/C14H29NO/c1-7-8-9-10-15-12(16)14(5,6)11-13(2,3)4/h7-11H2,1-6H3,(H,15,16). The predicted octanol–water partition coefficient (Wildman–Crippen LogP) is 3.76. The lowest BCUT2D eigenvalue weighted by atomic mass is 9.76. The Kier molecular flexibility index (Phi) is 6.06. The van der Waals surface area contributed by atoms with E-state index in [1.165, 1.54) is 12.8 Å². The third kappa shape index (κ3) is 6.86. The molecule has 0 aliphatic heterocycles. The molecule has 0 rings (SSSR count). The van der Waals surface area contributed by atoms with Crippen LogP contribution in [0.15, 0.2) is 0 Å². The van der Waals surface area contributed by atoms with E-state index in [-0.39, 0.29) is 16.7 Å². The van der Waals surface area contributed by atoms with Gasteiger partial charge in [-0.3, -0.25) is 4.79 Å². The van der Waals surface area contributed by atoms with Crippen LogP contribution in [0.5, 0.6) is 0 Å². The molecule has 2 nitrogen and oxygen atoms in total. The number of rotatable bonds is 6. The average Bonchev–Trinajstić information content (AvgIpc) is 2.08. The SMILES string of the molecule is CCCCCNC(=O)C(C)(C)CC(C)(C)C. The molecule has 96 valence electrons. The summed E-state index contributed by atoms with van der Waals surface area (Å²) in [7, 11) is 0. The minimum absolute atomic E-state index is 0.193. The molecule has 0 unspecified atom stereocenters. The zero-order chi connectivity index (χ0) is 12.8. The van der Waals surface area contributed by atoms with Crippen molar-refractivity contribution in [2.75, 3.05) is 6.54 Å². The summed E-state index contributed by atoms with van der Waals surface area (Å²) in [5.41, 5.74) is -0.0608. The first-order chi connectivity index (χ1) is 7.19. The van der Waals surface area contributed by atoms with Crippen molar-refractivity contribution in [3.8, 4) is 0 Å². The molecular formula is C14H29NO. The first-order valence-electron chi connectivity index (χ1n) is 6.47. The van der Waals surface area contributed by atoms with Crippen molar-refractivity contribution in [1.82, 2.24) is 5.32 Å². The van der Waals surface area contributed by atoms with Crippen LogP contribution in [-0.2, 0) is 4.79 Å². The van der Waals surface area contributed by atoms with Gasteiger partial charge in [0.2, 0.25) is 5.91 Å². The molecule has 2 heteroatoms. The summed E-state index contributed by atoms with van der Waals surface area (Å²) in [6, 6.07) is 0. The lowest BCUT2D eigenvalue weighted by Crippen LogP contribution is -2.39. The Morgan fingerprint density at radius 3 is 2.06 bits per heavy atom. The highest BCUT2D eigenvalue weighted by Crippen LogP contribution is 2.33. The van der Waals surface area contributed by atoms with Crippen LogP contribution in [0.4, 0.5) is 0 Å². The Labute approximate surface area is 101 Å². The quantitative estimate of drug-likeness (QED) is 0.688. The van der Waals surface area contributed by atoms with E-state index in [0.29, 0.717) is 0 Å². The van der Waals surface area contributed by atoms with Gasteiger partial charge >= 0.3 is 0 Å². The van der Waals surface area contributed by atoms with Crippen LogP contribution in [0.25, 0.3) is 0 Å². The lowest BCUT2D eigenvalue weighted by molar-refractivity contribution is -0.130. The monoisotopic (exact) mass is 227 g/mol. The zero-order valence-corrected chi connectivity index (χ0v) is 11.9. The Hall–Kier alpha value is -0.530. The summed E-state index contributed by atoms with van der Waals surface area (Å²) in [4.78, 5) is 12.0. The van der Waals surface area contributed by atoms with Crippen molar-refractivity contribution in [2.45, 2.75) is 67.2 Å². The molecule has 0 aliphatic rings. The van der Waals surface area contributed by atoms with Gasteiger partial charge in [0.05, 0.1) is 0 Å². The van der Waals surface area contributed by atoms with Gasteiger partial charge in [-0.15, -0.1) is 0 Å². The van der Waals surface area contributed by atoms with E-state index in [9.17, 15) is 4.79 Å². The third-order valence-corrected chi connectivity index (χ3v) is 2.65.